The molecule has 0 bridgehead atoms. The summed E-state index contributed by atoms with van der Waals surface area (Å²) in [5, 5.41) is 11.0. The quantitative estimate of drug-likeness (QED) is 0.605. The summed E-state index contributed by atoms with van der Waals surface area (Å²) < 4.78 is 5.63. The van der Waals surface area contributed by atoms with Gasteiger partial charge >= 0.3 is 0 Å². The van der Waals surface area contributed by atoms with E-state index in [1.807, 2.05) is 0 Å². The molecule has 5 nitrogen and oxygen atoms in total. The third-order valence-corrected chi connectivity index (χ3v) is 5.18. The van der Waals surface area contributed by atoms with Crippen LogP contribution in [0, 0.1) is 0 Å². The maximum Gasteiger partial charge on any atom is 0.191 e. The number of nitrogens with one attached hydrogen (secondary N) is 2. The van der Waals surface area contributed by atoms with Gasteiger partial charge in [-0.15, -0.1) is 0 Å². The summed E-state index contributed by atoms with van der Waals surface area (Å²) in [6.45, 7) is 7.51. The highest BCUT2D eigenvalue weighted by molar-refractivity contribution is 7.07. The minimum Gasteiger partial charge on any atom is -0.376 e. The first-order valence-corrected chi connectivity index (χ1v) is 10.0. The molecule has 1 saturated heterocycles. The SMILES string of the molecule is CN=C(NCc1ccsc1)NCc1cccc(CN2CCOC(C)C2)c1. The van der Waals surface area contributed by atoms with Crippen LogP contribution in [0.2, 0.25) is 0 Å². The van der Waals surface area contributed by atoms with Crippen molar-refractivity contribution in [3.8, 4) is 0 Å². The summed E-state index contributed by atoms with van der Waals surface area (Å²) >= 11 is 1.71. The topological polar surface area (TPSA) is 48.9 Å². The summed E-state index contributed by atoms with van der Waals surface area (Å²) in [6.07, 6.45) is 0.325. The van der Waals surface area contributed by atoms with Crippen LogP contribution in [0.5, 0.6) is 0 Å². The minimum atomic E-state index is 0.325. The Bertz CT molecular complexity index is 702. The van der Waals surface area contributed by atoms with Gasteiger partial charge in [-0.1, -0.05) is 24.3 Å². The molecule has 26 heavy (non-hydrogen) atoms. The first-order chi connectivity index (χ1) is 12.7. The fraction of sp³-hybridized carbons (Fsp3) is 0.450. The van der Waals surface area contributed by atoms with Crippen molar-refractivity contribution < 1.29 is 4.74 Å². The van der Waals surface area contributed by atoms with Crippen LogP contribution >= 0.6 is 11.3 Å². The fourth-order valence-corrected chi connectivity index (χ4v) is 3.78. The highest BCUT2D eigenvalue weighted by Gasteiger charge is 2.16. The number of aliphatic imine (C=N–C) groups is 1. The summed E-state index contributed by atoms with van der Waals surface area (Å²) in [6, 6.07) is 10.9. The minimum absolute atomic E-state index is 0.325. The molecule has 1 aromatic heterocycles. The average Bonchev–Trinajstić information content (AvgIpc) is 3.16. The molecule has 6 heteroatoms. The summed E-state index contributed by atoms with van der Waals surface area (Å²) in [7, 11) is 1.80. The lowest BCUT2D eigenvalue weighted by molar-refractivity contribution is -0.0212. The molecule has 0 spiro atoms. The van der Waals surface area contributed by atoms with Crippen molar-refractivity contribution in [2.45, 2.75) is 32.7 Å². The Morgan fingerprint density at radius 3 is 2.77 bits per heavy atom. The van der Waals surface area contributed by atoms with Crippen LogP contribution in [-0.2, 0) is 24.4 Å². The third-order valence-electron chi connectivity index (χ3n) is 4.45. The Morgan fingerprint density at radius 1 is 1.23 bits per heavy atom. The van der Waals surface area contributed by atoms with Gasteiger partial charge in [-0.3, -0.25) is 9.89 Å². The standard InChI is InChI=1S/C20H28N4OS/c1-16-13-24(7-8-25-16)14-18-5-3-4-17(10-18)11-22-20(21-2)23-12-19-6-9-26-15-19/h3-6,9-10,15-16H,7-8,11-14H2,1-2H3,(H2,21,22,23). The lowest BCUT2D eigenvalue weighted by atomic mass is 10.1. The van der Waals surface area contributed by atoms with Crippen molar-refractivity contribution >= 4 is 17.3 Å². The van der Waals surface area contributed by atoms with Crippen molar-refractivity contribution in [3.05, 3.63) is 57.8 Å². The monoisotopic (exact) mass is 372 g/mol. The number of hydrogen-bond donors (Lipinski definition) is 2. The van der Waals surface area contributed by atoms with Crippen molar-refractivity contribution in [1.29, 1.82) is 0 Å². The Kier molecular flexibility index (Phi) is 7.05. The molecule has 2 N–H and O–H groups in total. The first kappa shape index (κ1) is 18.9. The Hall–Kier alpha value is -1.89. The number of nitrogens with zero attached hydrogens (tertiary/aromatic N) is 2. The van der Waals surface area contributed by atoms with Gasteiger partial charge in [0.25, 0.3) is 0 Å². The van der Waals surface area contributed by atoms with Gasteiger partial charge in [0.1, 0.15) is 0 Å². The zero-order valence-corrected chi connectivity index (χ0v) is 16.4. The molecule has 2 heterocycles. The normalized spacial score (nSPS) is 18.7. The fourth-order valence-electron chi connectivity index (χ4n) is 3.12. The lowest BCUT2D eigenvalue weighted by Crippen LogP contribution is -2.40. The number of guanidine groups is 1. The van der Waals surface area contributed by atoms with Crippen LogP contribution in [-0.4, -0.2) is 43.7 Å². The molecular formula is C20H28N4OS. The first-order valence-electron chi connectivity index (χ1n) is 9.10. The van der Waals surface area contributed by atoms with Crippen LogP contribution in [0.4, 0.5) is 0 Å². The van der Waals surface area contributed by atoms with Crippen molar-refractivity contribution in [2.24, 2.45) is 4.99 Å². The number of morpholine rings is 1. The van der Waals surface area contributed by atoms with E-state index in [1.54, 1.807) is 18.4 Å². The predicted molar refractivity (Wildman–Crippen MR) is 108 cm³/mol. The van der Waals surface area contributed by atoms with Crippen LogP contribution < -0.4 is 10.6 Å². The van der Waals surface area contributed by atoms with Gasteiger partial charge in [-0.2, -0.15) is 11.3 Å². The zero-order valence-electron chi connectivity index (χ0n) is 15.6. The van der Waals surface area contributed by atoms with E-state index in [-0.39, 0.29) is 0 Å². The molecule has 0 radical (unpaired) electrons. The molecule has 1 aliphatic heterocycles. The molecule has 1 unspecified atom stereocenters. The highest BCUT2D eigenvalue weighted by atomic mass is 32.1. The second kappa shape index (κ2) is 9.71. The van der Waals surface area contributed by atoms with Gasteiger partial charge in [0.2, 0.25) is 0 Å². The van der Waals surface area contributed by atoms with Crippen molar-refractivity contribution in [3.63, 3.8) is 0 Å². The van der Waals surface area contributed by atoms with Crippen molar-refractivity contribution in [2.75, 3.05) is 26.7 Å². The largest absolute Gasteiger partial charge is 0.376 e. The predicted octanol–water partition coefficient (Wildman–Crippen LogP) is 2.83. The van der Waals surface area contributed by atoms with E-state index in [9.17, 15) is 0 Å². The van der Waals surface area contributed by atoms with Gasteiger partial charge in [0.15, 0.2) is 5.96 Å². The van der Waals surface area contributed by atoms with Gasteiger partial charge in [-0.05, 0) is 40.4 Å². The molecule has 1 atom stereocenters. The van der Waals surface area contributed by atoms with E-state index in [0.717, 1.165) is 45.3 Å². The molecule has 0 amide bonds. The molecular weight excluding hydrogens is 344 g/mol. The summed E-state index contributed by atoms with van der Waals surface area (Å²) in [4.78, 5) is 6.76. The zero-order chi connectivity index (χ0) is 18.2. The highest BCUT2D eigenvalue weighted by Crippen LogP contribution is 2.12. The van der Waals surface area contributed by atoms with E-state index in [0.29, 0.717) is 6.10 Å². The number of hydrogen-bond acceptors (Lipinski definition) is 4. The molecule has 0 saturated carbocycles. The van der Waals surface area contributed by atoms with Gasteiger partial charge in [-0.25, -0.2) is 0 Å². The maximum absolute atomic E-state index is 5.63. The van der Waals surface area contributed by atoms with E-state index < -0.39 is 0 Å². The number of benzene rings is 1. The van der Waals surface area contributed by atoms with E-state index in [1.165, 1.54) is 16.7 Å². The van der Waals surface area contributed by atoms with Crippen LogP contribution in [0.15, 0.2) is 46.1 Å². The second-order valence-electron chi connectivity index (χ2n) is 6.65. The van der Waals surface area contributed by atoms with Crippen LogP contribution in [0.25, 0.3) is 0 Å². The molecule has 2 aromatic rings. The maximum atomic E-state index is 5.63. The van der Waals surface area contributed by atoms with Gasteiger partial charge in [0, 0.05) is 39.8 Å². The summed E-state index contributed by atoms with van der Waals surface area (Å²) in [5.74, 6) is 0.823. The molecule has 3 rings (SSSR count). The van der Waals surface area contributed by atoms with Crippen molar-refractivity contribution in [1.82, 2.24) is 15.5 Å². The van der Waals surface area contributed by atoms with Crippen LogP contribution in [0.1, 0.15) is 23.6 Å². The Balaban J connectivity index is 1.49. The van der Waals surface area contributed by atoms with E-state index >= 15 is 0 Å². The van der Waals surface area contributed by atoms with Crippen LogP contribution in [0.3, 0.4) is 0 Å². The molecule has 1 aromatic carbocycles. The molecule has 1 aliphatic rings. The Labute approximate surface area is 160 Å². The number of ether oxygens (including phenoxy) is 1. The van der Waals surface area contributed by atoms with Gasteiger partial charge in [0.05, 0.1) is 12.7 Å². The summed E-state index contributed by atoms with van der Waals surface area (Å²) in [5.41, 5.74) is 3.89. The molecule has 140 valence electrons. The van der Waals surface area contributed by atoms with Gasteiger partial charge < -0.3 is 15.4 Å². The van der Waals surface area contributed by atoms with E-state index in [2.05, 4.69) is 68.5 Å². The molecule has 1 fully saturated rings. The second-order valence-corrected chi connectivity index (χ2v) is 7.43. The lowest BCUT2D eigenvalue weighted by Gasteiger charge is -2.31. The average molecular weight is 373 g/mol. The Morgan fingerprint density at radius 2 is 2.04 bits per heavy atom. The number of rotatable bonds is 6. The molecule has 0 aliphatic carbocycles. The third kappa shape index (κ3) is 5.83. The number of thiophene rings is 1. The smallest absolute Gasteiger partial charge is 0.191 e. The van der Waals surface area contributed by atoms with E-state index in [4.69, 9.17) is 4.74 Å².